The van der Waals surface area contributed by atoms with Gasteiger partial charge in [-0.05, 0) is 71.8 Å². The summed E-state index contributed by atoms with van der Waals surface area (Å²) in [6.45, 7) is 4.42. The molecular formula is C28H44O6S2. The van der Waals surface area contributed by atoms with Gasteiger partial charge in [-0.3, -0.25) is 4.55 Å². The fraction of sp³-hybridized carbons (Fsp3) is 0.643. The van der Waals surface area contributed by atoms with E-state index in [1.54, 1.807) is 6.07 Å². The van der Waals surface area contributed by atoms with Gasteiger partial charge in [0.05, 0.1) is 16.9 Å². The van der Waals surface area contributed by atoms with Crippen LogP contribution in [-0.2, 0) is 32.3 Å². The highest BCUT2D eigenvalue weighted by Crippen LogP contribution is 2.33. The van der Waals surface area contributed by atoms with E-state index in [1.807, 2.05) is 12.1 Å². The van der Waals surface area contributed by atoms with Gasteiger partial charge in [0.15, 0.2) is 0 Å². The number of hydrogen-bond acceptors (Lipinski definition) is 6. The normalized spacial score (nSPS) is 12.0. The lowest BCUT2D eigenvalue weighted by atomic mass is 9.98. The largest absolute Gasteiger partial charge is 0.294 e. The van der Waals surface area contributed by atoms with Gasteiger partial charge in [-0.2, -0.15) is 8.42 Å². The van der Waals surface area contributed by atoms with Crippen LogP contribution in [0.4, 0.5) is 0 Å². The fourth-order valence-electron chi connectivity index (χ4n) is 4.71. The van der Waals surface area contributed by atoms with Crippen LogP contribution >= 0.6 is 12.0 Å². The van der Waals surface area contributed by atoms with Gasteiger partial charge in [0, 0.05) is 4.90 Å². The maximum absolute atomic E-state index is 12.2. The molecule has 0 unspecified atom stereocenters. The maximum atomic E-state index is 12.2. The second kappa shape index (κ2) is 17.4. The SMILES string of the molecule is CCCCCCCCCc1cc2cc(CCCCCCCCC)c(S(=O)(=O)O)cc2cc1SOOO. The van der Waals surface area contributed by atoms with Gasteiger partial charge in [0.25, 0.3) is 10.1 Å². The van der Waals surface area contributed by atoms with E-state index < -0.39 is 10.1 Å². The Morgan fingerprint density at radius 2 is 1.17 bits per heavy atom. The standard InChI is InChI=1S/C28H44O6S2/c1-3-5-7-9-11-13-15-17-23-19-25-20-24(18-16-14-12-10-8-6-4-2)28(36(30,31)32)22-26(25)21-27(23)35-34-33-29/h19-22,29H,3-18H2,1-2H3,(H,30,31,32). The summed E-state index contributed by atoms with van der Waals surface area (Å²) in [4.78, 5) is 0.722. The van der Waals surface area contributed by atoms with Crippen molar-refractivity contribution in [3.63, 3.8) is 0 Å². The van der Waals surface area contributed by atoms with Gasteiger partial charge in [-0.25, -0.2) is 5.26 Å². The number of benzene rings is 2. The third-order valence-electron chi connectivity index (χ3n) is 6.73. The van der Waals surface area contributed by atoms with E-state index in [1.165, 1.54) is 57.8 Å². The molecule has 2 rings (SSSR count). The molecule has 0 bridgehead atoms. The molecule has 0 aromatic heterocycles. The van der Waals surface area contributed by atoms with Gasteiger partial charge in [-0.15, -0.1) is 4.33 Å². The molecule has 36 heavy (non-hydrogen) atoms. The first-order valence-corrected chi connectivity index (χ1v) is 15.8. The predicted molar refractivity (Wildman–Crippen MR) is 148 cm³/mol. The van der Waals surface area contributed by atoms with Crippen molar-refractivity contribution in [2.75, 3.05) is 0 Å². The van der Waals surface area contributed by atoms with Crippen molar-refractivity contribution < 1.29 is 27.6 Å². The lowest BCUT2D eigenvalue weighted by Gasteiger charge is -2.14. The van der Waals surface area contributed by atoms with Gasteiger partial charge >= 0.3 is 0 Å². The summed E-state index contributed by atoms with van der Waals surface area (Å²) >= 11 is 0.895. The highest BCUT2D eigenvalue weighted by atomic mass is 32.2. The molecule has 0 aliphatic rings. The summed E-state index contributed by atoms with van der Waals surface area (Å²) in [6, 6.07) is 7.35. The lowest BCUT2D eigenvalue weighted by Crippen LogP contribution is -2.04. The zero-order chi connectivity index (χ0) is 26.2. The van der Waals surface area contributed by atoms with E-state index in [2.05, 4.69) is 25.0 Å². The van der Waals surface area contributed by atoms with Gasteiger partial charge in [0.1, 0.15) is 0 Å². The van der Waals surface area contributed by atoms with Crippen molar-refractivity contribution >= 4 is 32.9 Å². The fourth-order valence-corrected chi connectivity index (χ4v) is 6.02. The summed E-state index contributed by atoms with van der Waals surface area (Å²) in [5, 5.41) is 14.1. The Bertz CT molecular complexity index is 1010. The Labute approximate surface area is 222 Å². The molecule has 2 N–H and O–H groups in total. The molecule has 8 heteroatoms. The van der Waals surface area contributed by atoms with E-state index in [9.17, 15) is 13.0 Å². The van der Waals surface area contributed by atoms with Crippen LogP contribution in [0.2, 0.25) is 0 Å². The summed E-state index contributed by atoms with van der Waals surface area (Å²) in [5.74, 6) is 0. The summed E-state index contributed by atoms with van der Waals surface area (Å²) in [7, 11) is -4.35. The molecule has 0 radical (unpaired) electrons. The van der Waals surface area contributed by atoms with Crippen LogP contribution in [0.15, 0.2) is 34.1 Å². The zero-order valence-corrected chi connectivity index (χ0v) is 23.6. The second-order valence-corrected chi connectivity index (χ2v) is 11.8. The molecule has 0 saturated heterocycles. The molecule has 2 aromatic rings. The van der Waals surface area contributed by atoms with Crippen LogP contribution < -0.4 is 0 Å². The maximum Gasteiger partial charge on any atom is 0.294 e. The number of fused-ring (bicyclic) bond motifs is 1. The Kier molecular flexibility index (Phi) is 15.0. The first-order chi connectivity index (χ1) is 17.4. The minimum Gasteiger partial charge on any atom is -0.282 e. The molecule has 0 spiro atoms. The predicted octanol–water partition coefficient (Wildman–Crippen LogP) is 9.10. The van der Waals surface area contributed by atoms with Gasteiger partial charge in [0.2, 0.25) is 0 Å². The van der Waals surface area contributed by atoms with Gasteiger partial charge in [-0.1, -0.05) is 95.9 Å². The smallest absolute Gasteiger partial charge is 0.282 e. The first-order valence-electron chi connectivity index (χ1n) is 13.6. The third kappa shape index (κ3) is 11.1. The second-order valence-electron chi connectivity index (χ2n) is 9.71. The Morgan fingerprint density at radius 1 is 0.694 bits per heavy atom. The number of aryl methyl sites for hydroxylation is 2. The van der Waals surface area contributed by atoms with Crippen LogP contribution in [0.25, 0.3) is 10.8 Å². The monoisotopic (exact) mass is 540 g/mol. The number of rotatable bonds is 20. The highest BCUT2D eigenvalue weighted by Gasteiger charge is 2.18. The first kappa shape index (κ1) is 31.1. The van der Waals surface area contributed by atoms with E-state index >= 15 is 0 Å². The molecule has 0 fully saturated rings. The molecule has 6 nitrogen and oxygen atoms in total. The Morgan fingerprint density at radius 3 is 1.69 bits per heavy atom. The average Bonchev–Trinajstić information content (AvgIpc) is 2.85. The average molecular weight is 541 g/mol. The molecule has 204 valence electrons. The number of unbranched alkanes of at least 4 members (excludes halogenated alkanes) is 12. The van der Waals surface area contributed by atoms with Crippen LogP contribution in [0.1, 0.15) is 115 Å². The van der Waals surface area contributed by atoms with E-state index in [4.69, 9.17) is 9.59 Å². The molecule has 0 heterocycles. The van der Waals surface area contributed by atoms with Crippen LogP contribution in [0, 0.1) is 0 Å². The van der Waals surface area contributed by atoms with Crippen molar-refractivity contribution in [2.45, 2.75) is 126 Å². The summed E-state index contributed by atoms with van der Waals surface area (Å²) < 4.78 is 39.0. The van der Waals surface area contributed by atoms with Crippen LogP contribution in [0.5, 0.6) is 0 Å². The molecular weight excluding hydrogens is 496 g/mol. The third-order valence-corrected chi connectivity index (χ3v) is 8.35. The molecule has 0 amide bonds. The topological polar surface area (TPSA) is 93.1 Å². The number of hydrogen-bond donors (Lipinski definition) is 2. The Hall–Kier alpha value is -1.16. The van der Waals surface area contributed by atoms with Crippen LogP contribution in [-0.4, -0.2) is 18.2 Å². The highest BCUT2D eigenvalue weighted by molar-refractivity contribution is 7.94. The van der Waals surface area contributed by atoms with Crippen molar-refractivity contribution in [1.29, 1.82) is 0 Å². The minimum absolute atomic E-state index is 0.0314. The Balaban J connectivity index is 2.19. The van der Waals surface area contributed by atoms with E-state index in [-0.39, 0.29) is 4.90 Å². The minimum atomic E-state index is -4.35. The summed E-state index contributed by atoms with van der Waals surface area (Å²) in [6.07, 6.45) is 18.0. The molecule has 2 aromatic carbocycles. The van der Waals surface area contributed by atoms with Crippen molar-refractivity contribution in [1.82, 2.24) is 0 Å². The molecule has 0 saturated carbocycles. The molecule has 0 aliphatic carbocycles. The lowest BCUT2D eigenvalue weighted by molar-refractivity contribution is -0.432. The van der Waals surface area contributed by atoms with Crippen molar-refractivity contribution in [3.05, 3.63) is 35.4 Å². The molecule has 0 atom stereocenters. The van der Waals surface area contributed by atoms with E-state index in [0.717, 1.165) is 66.4 Å². The van der Waals surface area contributed by atoms with Gasteiger partial charge < -0.3 is 0 Å². The summed E-state index contributed by atoms with van der Waals surface area (Å²) in [5.41, 5.74) is 1.73. The quantitative estimate of drug-likeness (QED) is 0.0568. The van der Waals surface area contributed by atoms with Crippen LogP contribution in [0.3, 0.4) is 0 Å². The van der Waals surface area contributed by atoms with Crippen molar-refractivity contribution in [2.24, 2.45) is 0 Å². The molecule has 0 aliphatic heterocycles. The zero-order valence-electron chi connectivity index (χ0n) is 22.0. The van der Waals surface area contributed by atoms with E-state index in [0.29, 0.717) is 17.4 Å². The van der Waals surface area contributed by atoms with Crippen molar-refractivity contribution in [3.8, 4) is 0 Å².